The molecule has 2 aromatic heterocycles. The van der Waals surface area contributed by atoms with Crippen molar-refractivity contribution in [3.8, 4) is 17.2 Å². The molecule has 0 radical (unpaired) electrons. The van der Waals surface area contributed by atoms with Crippen molar-refractivity contribution in [3.63, 3.8) is 0 Å². The Labute approximate surface area is 251 Å². The second-order valence-corrected chi connectivity index (χ2v) is 10.6. The Balaban J connectivity index is 1.29. The summed E-state index contributed by atoms with van der Waals surface area (Å²) in [5, 5.41) is 11.1. The monoisotopic (exact) mass is 597 g/mol. The molecule has 3 aromatic carbocycles. The lowest BCUT2D eigenvalue weighted by Crippen LogP contribution is -2.24. The van der Waals surface area contributed by atoms with Gasteiger partial charge >= 0.3 is 0 Å². The number of carbonyl (C=O) groups excluding carboxylic acids is 1. The van der Waals surface area contributed by atoms with Crippen LogP contribution in [0.5, 0.6) is 11.5 Å². The zero-order valence-corrected chi connectivity index (χ0v) is 23.8. The van der Waals surface area contributed by atoms with Crippen LogP contribution in [-0.2, 0) is 19.4 Å². The van der Waals surface area contributed by atoms with E-state index in [1.165, 1.54) is 22.0 Å². The van der Waals surface area contributed by atoms with E-state index in [1.807, 2.05) is 30.3 Å². The van der Waals surface area contributed by atoms with Gasteiger partial charge in [-0.15, -0.1) is 0 Å². The van der Waals surface area contributed by atoms with Gasteiger partial charge in [-0.1, -0.05) is 35.3 Å². The fraction of sp³-hybridized carbons (Fsp3) is 0.125. The molecule has 0 fully saturated rings. The highest BCUT2D eigenvalue weighted by molar-refractivity contribution is 6.42. The van der Waals surface area contributed by atoms with Gasteiger partial charge in [-0.2, -0.15) is 9.78 Å². The lowest BCUT2D eigenvalue weighted by Gasteiger charge is -2.15. The number of ether oxygens (including phenoxy) is 1. The van der Waals surface area contributed by atoms with Crippen molar-refractivity contribution in [1.82, 2.24) is 20.1 Å². The topological polar surface area (TPSA) is 98.1 Å². The molecule has 0 spiro atoms. The number of rotatable bonds is 8. The Hall–Kier alpha value is -4.66. The summed E-state index contributed by atoms with van der Waals surface area (Å²) in [5.41, 5.74) is 4.53. The molecule has 0 unspecified atom stereocenters. The minimum Gasteiger partial charge on any atom is -0.453 e. The Morgan fingerprint density at radius 1 is 0.929 bits per heavy atom. The third-order valence-electron chi connectivity index (χ3n) is 6.96. The van der Waals surface area contributed by atoms with Gasteiger partial charge in [0.1, 0.15) is 5.75 Å². The van der Waals surface area contributed by atoms with Crippen molar-refractivity contribution < 1.29 is 9.53 Å². The molecule has 210 valence electrons. The van der Waals surface area contributed by atoms with Gasteiger partial charge in [0.05, 0.1) is 34.2 Å². The molecule has 1 amide bonds. The van der Waals surface area contributed by atoms with Crippen molar-refractivity contribution in [1.29, 1.82) is 0 Å². The van der Waals surface area contributed by atoms with Crippen molar-refractivity contribution in [2.75, 3.05) is 5.32 Å². The normalized spacial score (nSPS) is 12.0. The number of amides is 1. The molecular formula is C32H25Cl2N5O3. The first-order chi connectivity index (χ1) is 20.4. The fourth-order valence-corrected chi connectivity index (χ4v) is 5.09. The summed E-state index contributed by atoms with van der Waals surface area (Å²) in [4.78, 5) is 30.7. The summed E-state index contributed by atoms with van der Waals surface area (Å²) in [5.74, 6) is 0.636. The number of benzene rings is 3. The molecule has 8 nitrogen and oxygen atoms in total. The number of halogens is 2. The van der Waals surface area contributed by atoms with Gasteiger partial charge < -0.3 is 15.4 Å². The maximum absolute atomic E-state index is 13.8. The van der Waals surface area contributed by atoms with Crippen LogP contribution in [0.4, 0.5) is 11.4 Å². The fourth-order valence-electron chi connectivity index (χ4n) is 4.80. The molecule has 6 rings (SSSR count). The third-order valence-corrected chi connectivity index (χ3v) is 7.70. The maximum atomic E-state index is 13.8. The van der Waals surface area contributed by atoms with Crippen molar-refractivity contribution in [3.05, 3.63) is 134 Å². The SMILES string of the molecule is O=C(NCc1ccccn1)c1ccc(Nc2c(Oc3ccc4c(c3)CCC4)cnn(-c3ccc(Cl)c(Cl)c3)c2=O)cc1. The zero-order chi connectivity index (χ0) is 29.1. The first-order valence-corrected chi connectivity index (χ1v) is 14.1. The maximum Gasteiger partial charge on any atom is 0.299 e. The van der Waals surface area contributed by atoms with E-state index in [0.29, 0.717) is 39.3 Å². The minimum atomic E-state index is -0.454. The van der Waals surface area contributed by atoms with E-state index in [4.69, 9.17) is 27.9 Å². The second kappa shape index (κ2) is 12.1. The molecular weight excluding hydrogens is 573 g/mol. The van der Waals surface area contributed by atoms with Crippen LogP contribution in [-0.4, -0.2) is 20.7 Å². The number of nitrogens with zero attached hydrogens (tertiary/aromatic N) is 3. The third kappa shape index (κ3) is 6.00. The molecule has 10 heteroatoms. The van der Waals surface area contributed by atoms with Crippen molar-refractivity contribution >= 4 is 40.5 Å². The van der Waals surface area contributed by atoms with Crippen LogP contribution < -0.4 is 20.9 Å². The number of anilines is 2. The van der Waals surface area contributed by atoms with Gasteiger partial charge in [-0.25, -0.2) is 0 Å². The van der Waals surface area contributed by atoms with Crippen LogP contribution in [0.3, 0.4) is 0 Å². The van der Waals surface area contributed by atoms with Crippen LogP contribution in [0.1, 0.15) is 33.6 Å². The standard InChI is InChI=1S/C32H25Cl2N5O3/c33-27-14-12-25(17-28(27)34)39-32(41)30(29(19-37-39)42-26-13-9-20-4-3-5-22(20)16-26)38-23-10-7-21(8-11-23)31(40)36-18-24-6-1-2-15-35-24/h1-2,6-17,19,38H,3-5,18H2,(H,36,40). The van der Waals surface area contributed by atoms with Gasteiger partial charge in [0, 0.05) is 17.4 Å². The molecule has 5 aromatic rings. The Bertz CT molecular complexity index is 1830. The molecule has 42 heavy (non-hydrogen) atoms. The Morgan fingerprint density at radius 3 is 2.55 bits per heavy atom. The van der Waals surface area contributed by atoms with Gasteiger partial charge in [0.2, 0.25) is 0 Å². The van der Waals surface area contributed by atoms with Gasteiger partial charge in [0.15, 0.2) is 11.4 Å². The number of hydrogen-bond donors (Lipinski definition) is 2. The van der Waals surface area contributed by atoms with Crippen LogP contribution >= 0.6 is 23.2 Å². The van der Waals surface area contributed by atoms with E-state index < -0.39 is 5.56 Å². The summed E-state index contributed by atoms with van der Waals surface area (Å²) < 4.78 is 7.42. The average molecular weight is 598 g/mol. The molecule has 0 bridgehead atoms. The molecule has 1 aliphatic carbocycles. The highest BCUT2D eigenvalue weighted by Crippen LogP contribution is 2.33. The van der Waals surface area contributed by atoms with E-state index >= 15 is 0 Å². The van der Waals surface area contributed by atoms with E-state index in [9.17, 15) is 9.59 Å². The van der Waals surface area contributed by atoms with Crippen molar-refractivity contribution in [2.24, 2.45) is 0 Å². The van der Waals surface area contributed by atoms with Gasteiger partial charge in [-0.3, -0.25) is 14.6 Å². The number of pyridine rings is 1. The predicted molar refractivity (Wildman–Crippen MR) is 164 cm³/mol. The van der Waals surface area contributed by atoms with E-state index in [2.05, 4.69) is 26.8 Å². The largest absolute Gasteiger partial charge is 0.453 e. The van der Waals surface area contributed by atoms with Gasteiger partial charge in [-0.05, 0) is 97.1 Å². The Kier molecular flexibility index (Phi) is 7.90. The molecule has 0 atom stereocenters. The number of hydrogen-bond acceptors (Lipinski definition) is 6. The molecule has 2 heterocycles. The number of nitrogens with one attached hydrogen (secondary N) is 2. The van der Waals surface area contributed by atoms with Crippen LogP contribution in [0, 0.1) is 0 Å². The van der Waals surface area contributed by atoms with Crippen molar-refractivity contribution in [2.45, 2.75) is 25.8 Å². The number of fused-ring (bicyclic) bond motifs is 1. The van der Waals surface area contributed by atoms with E-state index in [0.717, 1.165) is 25.0 Å². The molecule has 2 N–H and O–H groups in total. The zero-order valence-electron chi connectivity index (χ0n) is 22.3. The van der Waals surface area contributed by atoms with E-state index in [1.54, 1.807) is 48.7 Å². The summed E-state index contributed by atoms with van der Waals surface area (Å²) >= 11 is 12.3. The van der Waals surface area contributed by atoms with Crippen LogP contribution in [0.25, 0.3) is 5.69 Å². The highest BCUT2D eigenvalue weighted by atomic mass is 35.5. The Morgan fingerprint density at radius 2 is 1.76 bits per heavy atom. The van der Waals surface area contributed by atoms with Crippen LogP contribution in [0.15, 0.2) is 96.1 Å². The second-order valence-electron chi connectivity index (χ2n) is 9.79. The summed E-state index contributed by atoms with van der Waals surface area (Å²) in [7, 11) is 0. The number of aromatic nitrogens is 3. The summed E-state index contributed by atoms with van der Waals surface area (Å²) in [6.45, 7) is 0.314. The number of aryl methyl sites for hydroxylation is 2. The summed E-state index contributed by atoms with van der Waals surface area (Å²) in [6, 6.07) is 23.1. The first-order valence-electron chi connectivity index (χ1n) is 13.4. The number of carbonyl (C=O) groups is 1. The molecule has 0 saturated heterocycles. The summed E-state index contributed by atoms with van der Waals surface area (Å²) in [6.07, 6.45) is 6.33. The molecule has 0 saturated carbocycles. The molecule has 1 aliphatic rings. The average Bonchev–Trinajstić information content (AvgIpc) is 3.48. The minimum absolute atomic E-state index is 0.170. The predicted octanol–water partition coefficient (Wildman–Crippen LogP) is 6.89. The highest BCUT2D eigenvalue weighted by Gasteiger charge is 2.18. The van der Waals surface area contributed by atoms with Gasteiger partial charge in [0.25, 0.3) is 11.5 Å². The van der Waals surface area contributed by atoms with Crippen LogP contribution in [0.2, 0.25) is 10.0 Å². The quantitative estimate of drug-likeness (QED) is 0.202. The lowest BCUT2D eigenvalue weighted by molar-refractivity contribution is 0.0950. The lowest BCUT2D eigenvalue weighted by atomic mass is 10.1. The first kappa shape index (κ1) is 27.5. The van der Waals surface area contributed by atoms with E-state index in [-0.39, 0.29) is 17.3 Å². The smallest absolute Gasteiger partial charge is 0.299 e. The molecule has 0 aliphatic heterocycles.